The van der Waals surface area contributed by atoms with Crippen LogP contribution in [0, 0.1) is 0 Å². The average molecular weight is 1040 g/mol. The Hall–Kier alpha value is -7.23. The van der Waals surface area contributed by atoms with Gasteiger partial charge in [0.1, 0.15) is 0 Å². The summed E-state index contributed by atoms with van der Waals surface area (Å²) in [5.74, 6) is 1.96. The van der Waals surface area contributed by atoms with E-state index in [9.17, 15) is 0 Å². The molecular formula is C76H81N3. The SMILES string of the molecule is CC(C)(C)c1cc(C(C)(C)C)c(-c2ccc3c(c2)C2(c4cc(-c5c(C(C)(C)C)cc(C(C)(C)C)cc5C(C)(C)C)ccc4-3)c3ccccc3-c3c(-c4nc(-c5ccccc5)nc(-c5ccccc5)n4)cccc32)c(C(C)(C)C)c1. The van der Waals surface area contributed by atoms with Crippen molar-refractivity contribution in [1.82, 2.24) is 15.0 Å². The fraction of sp³-hybridized carbons (Fsp3) is 0.329. The quantitative estimate of drug-likeness (QED) is 0.172. The van der Waals surface area contributed by atoms with Gasteiger partial charge in [-0.1, -0.05) is 276 Å². The highest BCUT2D eigenvalue weighted by Crippen LogP contribution is 2.65. The van der Waals surface area contributed by atoms with Crippen molar-refractivity contribution in [2.75, 3.05) is 0 Å². The van der Waals surface area contributed by atoms with Crippen LogP contribution in [0.25, 0.3) is 78.7 Å². The molecule has 0 saturated heterocycles. The van der Waals surface area contributed by atoms with Gasteiger partial charge in [-0.2, -0.15) is 0 Å². The molecule has 0 unspecified atom stereocenters. The predicted octanol–water partition coefficient (Wildman–Crippen LogP) is 20.3. The van der Waals surface area contributed by atoms with E-state index in [2.05, 4.69) is 276 Å². The minimum absolute atomic E-state index is 0.0239. The summed E-state index contributed by atoms with van der Waals surface area (Å²) in [7, 11) is 0. The summed E-state index contributed by atoms with van der Waals surface area (Å²) in [6, 6.07) is 61.9. The van der Waals surface area contributed by atoms with Crippen LogP contribution in [0.5, 0.6) is 0 Å². The van der Waals surface area contributed by atoms with Gasteiger partial charge in [0.05, 0.1) is 5.41 Å². The Kier molecular flexibility index (Phi) is 12.5. The van der Waals surface area contributed by atoms with E-state index in [-0.39, 0.29) is 32.5 Å². The Labute approximate surface area is 473 Å². The molecular weight excluding hydrogens is 955 g/mol. The molecule has 0 amide bonds. The van der Waals surface area contributed by atoms with Crippen molar-refractivity contribution in [1.29, 1.82) is 0 Å². The van der Waals surface area contributed by atoms with E-state index in [4.69, 9.17) is 15.0 Å². The maximum Gasteiger partial charge on any atom is 0.164 e. The molecule has 0 aliphatic heterocycles. The van der Waals surface area contributed by atoms with Gasteiger partial charge < -0.3 is 0 Å². The van der Waals surface area contributed by atoms with E-state index in [1.807, 2.05) is 12.1 Å². The van der Waals surface area contributed by atoms with Crippen LogP contribution in [0.2, 0.25) is 0 Å². The zero-order valence-electron chi connectivity index (χ0n) is 50.4. The van der Waals surface area contributed by atoms with Gasteiger partial charge in [0.25, 0.3) is 0 Å². The summed E-state index contributed by atoms with van der Waals surface area (Å²) < 4.78 is 0. The molecule has 1 aromatic heterocycles. The molecule has 1 spiro atoms. The van der Waals surface area contributed by atoms with Crippen LogP contribution in [-0.2, 0) is 37.9 Å². The van der Waals surface area contributed by atoms with E-state index in [1.165, 1.54) is 94.6 Å². The van der Waals surface area contributed by atoms with Crippen molar-refractivity contribution < 1.29 is 0 Å². The van der Waals surface area contributed by atoms with E-state index >= 15 is 0 Å². The fourth-order valence-electron chi connectivity index (χ4n) is 12.8. The molecule has 3 heteroatoms. The molecule has 8 aromatic carbocycles. The zero-order chi connectivity index (χ0) is 56.6. The summed E-state index contributed by atoms with van der Waals surface area (Å²) in [6.45, 7) is 42.8. The maximum absolute atomic E-state index is 5.42. The molecule has 0 fully saturated rings. The molecule has 0 bridgehead atoms. The van der Waals surface area contributed by atoms with Crippen LogP contribution < -0.4 is 0 Å². The van der Waals surface area contributed by atoms with Gasteiger partial charge in [-0.3, -0.25) is 0 Å². The van der Waals surface area contributed by atoms with Gasteiger partial charge in [0, 0.05) is 16.7 Å². The lowest BCUT2D eigenvalue weighted by molar-refractivity contribution is 0.550. The highest BCUT2D eigenvalue weighted by molar-refractivity contribution is 6.01. The summed E-state index contributed by atoms with van der Waals surface area (Å²) >= 11 is 0. The third kappa shape index (κ3) is 9.10. The Morgan fingerprint density at radius 1 is 0.253 bits per heavy atom. The van der Waals surface area contributed by atoms with Crippen molar-refractivity contribution in [3.63, 3.8) is 0 Å². The molecule has 2 aliphatic rings. The summed E-state index contributed by atoms with van der Waals surface area (Å²) in [4.78, 5) is 16.0. The number of benzene rings is 8. The Bertz CT molecular complexity index is 3600. The fourth-order valence-corrected chi connectivity index (χ4v) is 12.8. The largest absolute Gasteiger partial charge is 0.208 e. The van der Waals surface area contributed by atoms with Crippen LogP contribution >= 0.6 is 0 Å². The first-order valence-corrected chi connectivity index (χ1v) is 28.8. The monoisotopic (exact) mass is 1040 g/mol. The smallest absolute Gasteiger partial charge is 0.164 e. The molecule has 1 heterocycles. The van der Waals surface area contributed by atoms with Gasteiger partial charge in [-0.05, 0) is 145 Å². The number of fused-ring (bicyclic) bond motifs is 10. The van der Waals surface area contributed by atoms with E-state index in [1.54, 1.807) is 0 Å². The van der Waals surface area contributed by atoms with Crippen LogP contribution in [0.3, 0.4) is 0 Å². The van der Waals surface area contributed by atoms with E-state index < -0.39 is 5.41 Å². The Balaban J connectivity index is 1.27. The molecule has 11 rings (SSSR count). The number of nitrogens with zero attached hydrogens (tertiary/aromatic N) is 3. The van der Waals surface area contributed by atoms with Crippen LogP contribution in [0.15, 0.2) is 164 Å². The first kappa shape index (κ1) is 53.8. The number of hydrogen-bond donors (Lipinski definition) is 0. The second-order valence-corrected chi connectivity index (χ2v) is 29.0. The molecule has 3 nitrogen and oxygen atoms in total. The first-order chi connectivity index (χ1) is 37.0. The molecule has 0 radical (unpaired) electrons. The molecule has 2 aliphatic carbocycles. The van der Waals surface area contributed by atoms with Crippen molar-refractivity contribution in [2.24, 2.45) is 0 Å². The van der Waals surface area contributed by atoms with Gasteiger partial charge in [-0.15, -0.1) is 0 Å². The third-order valence-electron chi connectivity index (χ3n) is 17.0. The van der Waals surface area contributed by atoms with Crippen LogP contribution in [-0.4, -0.2) is 15.0 Å². The summed E-state index contributed by atoms with van der Waals surface area (Å²) in [5, 5.41) is 0. The van der Waals surface area contributed by atoms with Crippen molar-refractivity contribution in [3.05, 3.63) is 219 Å². The number of aromatic nitrogens is 3. The standard InChI is InChI=1S/C76H81N3/c1-70(2,3)50-42-60(72(7,8)9)64(61(43-50)73(10,11)12)48-36-38-52-53-39-37-49(65-62(74(13,14)15)44-51(71(4,5)6)45-63(65)75(16,17)18)41-59(53)76(58(52)40-48)56-34-26-25-32-54(56)66-55(33-27-35-57(66)76)69-78-67(46-28-21-19-22-29-46)77-68(79-69)47-30-23-20-24-31-47/h19-45H,1-18H3. The lowest BCUT2D eigenvalue weighted by Crippen LogP contribution is -2.26. The maximum atomic E-state index is 5.42. The van der Waals surface area contributed by atoms with Crippen LogP contribution in [0.4, 0.5) is 0 Å². The second-order valence-electron chi connectivity index (χ2n) is 29.0. The van der Waals surface area contributed by atoms with Crippen LogP contribution in [0.1, 0.15) is 180 Å². The van der Waals surface area contributed by atoms with Crippen molar-refractivity contribution >= 4 is 0 Å². The van der Waals surface area contributed by atoms with E-state index in [0.29, 0.717) is 17.5 Å². The van der Waals surface area contributed by atoms with Gasteiger partial charge in [0.2, 0.25) is 0 Å². The molecule has 9 aromatic rings. The minimum atomic E-state index is -0.708. The zero-order valence-corrected chi connectivity index (χ0v) is 50.4. The average Bonchev–Trinajstić information content (AvgIpc) is 2.08. The number of hydrogen-bond acceptors (Lipinski definition) is 3. The molecule has 0 N–H and O–H groups in total. The highest BCUT2D eigenvalue weighted by Gasteiger charge is 2.53. The minimum Gasteiger partial charge on any atom is -0.208 e. The topological polar surface area (TPSA) is 38.7 Å². The summed E-state index contributed by atoms with van der Waals surface area (Å²) in [6.07, 6.45) is 0. The molecule has 79 heavy (non-hydrogen) atoms. The Morgan fingerprint density at radius 3 is 1.00 bits per heavy atom. The van der Waals surface area contributed by atoms with Gasteiger partial charge in [0.15, 0.2) is 17.5 Å². The molecule has 0 atom stereocenters. The van der Waals surface area contributed by atoms with Gasteiger partial charge in [-0.25, -0.2) is 15.0 Å². The van der Waals surface area contributed by atoms with Gasteiger partial charge >= 0.3 is 0 Å². The predicted molar refractivity (Wildman–Crippen MR) is 336 cm³/mol. The van der Waals surface area contributed by atoms with Crippen molar-refractivity contribution in [2.45, 2.75) is 163 Å². The second kappa shape index (κ2) is 18.4. The lowest BCUT2D eigenvalue weighted by atomic mass is 9.67. The molecule has 0 saturated carbocycles. The Morgan fingerprint density at radius 2 is 0.608 bits per heavy atom. The summed E-state index contributed by atoms with van der Waals surface area (Å²) in [5.41, 5.74) is 25.1. The number of rotatable bonds is 5. The normalized spacial score (nSPS) is 14.1. The first-order valence-electron chi connectivity index (χ1n) is 28.8. The van der Waals surface area contributed by atoms with E-state index in [0.717, 1.165) is 22.3 Å². The third-order valence-corrected chi connectivity index (χ3v) is 17.0. The highest BCUT2D eigenvalue weighted by atomic mass is 15.0. The van der Waals surface area contributed by atoms with Crippen molar-refractivity contribution in [3.8, 4) is 78.7 Å². The molecule has 400 valence electrons. The lowest BCUT2D eigenvalue weighted by Gasteiger charge is -2.35.